The van der Waals surface area contributed by atoms with Crippen LogP contribution in [0.4, 0.5) is 0 Å². The van der Waals surface area contributed by atoms with Crippen molar-refractivity contribution in [3.63, 3.8) is 0 Å². The van der Waals surface area contributed by atoms with Gasteiger partial charge >= 0.3 is 0 Å². The second-order valence-electron chi connectivity index (χ2n) is 4.81. The van der Waals surface area contributed by atoms with Crippen LogP contribution in [-0.4, -0.2) is 18.9 Å². The molecule has 1 rings (SSSR count). The van der Waals surface area contributed by atoms with Gasteiger partial charge in [0.1, 0.15) is 0 Å². The molecule has 1 heterocycles. The Hall–Kier alpha value is -0.0500. The van der Waals surface area contributed by atoms with E-state index in [1.165, 1.54) is 0 Å². The van der Waals surface area contributed by atoms with E-state index in [9.17, 15) is 8.42 Å². The third-order valence-corrected chi connectivity index (χ3v) is 6.44. The molecule has 3 heteroatoms. The van der Waals surface area contributed by atoms with Crippen LogP contribution in [0.5, 0.6) is 0 Å². The van der Waals surface area contributed by atoms with Crippen molar-refractivity contribution < 1.29 is 8.42 Å². The van der Waals surface area contributed by atoms with Gasteiger partial charge in [0.25, 0.3) is 0 Å². The Kier molecular flexibility index (Phi) is 4.63. The maximum Gasteiger partial charge on any atom is 0.156 e. The first-order valence-electron chi connectivity index (χ1n) is 6.30. The number of hydrogen-bond donors (Lipinski definition) is 0. The molecule has 1 fully saturated rings. The maximum absolute atomic E-state index is 12.1. The van der Waals surface area contributed by atoms with Gasteiger partial charge in [-0.3, -0.25) is 0 Å². The maximum atomic E-state index is 12.1. The van der Waals surface area contributed by atoms with E-state index in [4.69, 9.17) is 0 Å². The largest absolute Gasteiger partial charge is 0.228 e. The van der Waals surface area contributed by atoms with E-state index >= 15 is 0 Å². The van der Waals surface area contributed by atoms with E-state index in [0.29, 0.717) is 5.75 Å². The van der Waals surface area contributed by atoms with E-state index in [1.807, 2.05) is 0 Å². The molecule has 1 saturated heterocycles. The summed E-state index contributed by atoms with van der Waals surface area (Å²) in [6.07, 6.45) is 7.90. The summed E-state index contributed by atoms with van der Waals surface area (Å²) in [7, 11) is -2.79. The molecular formula is C12H24O2S. The second-order valence-corrected chi connectivity index (χ2v) is 7.32. The molecule has 0 amide bonds. The molecule has 0 unspecified atom stereocenters. The fourth-order valence-electron chi connectivity index (χ4n) is 2.64. The molecule has 0 N–H and O–H groups in total. The quantitative estimate of drug-likeness (QED) is 0.704. The molecular weight excluding hydrogens is 208 g/mol. The first kappa shape index (κ1) is 13.0. The molecule has 0 radical (unpaired) electrons. The lowest BCUT2D eigenvalue weighted by molar-refractivity contribution is 0.425. The van der Waals surface area contributed by atoms with Gasteiger partial charge in [-0.05, 0) is 25.7 Å². The van der Waals surface area contributed by atoms with Gasteiger partial charge < -0.3 is 0 Å². The Morgan fingerprint density at radius 1 is 1.07 bits per heavy atom. The van der Waals surface area contributed by atoms with Gasteiger partial charge in [0, 0.05) is 0 Å². The summed E-state index contributed by atoms with van der Waals surface area (Å²) in [5.41, 5.74) is 0. The zero-order valence-electron chi connectivity index (χ0n) is 10.1. The number of rotatable bonds is 6. The standard InChI is InChI=1S/C12H24O2S/c1-3-5-8-12(9-6-4-2)10-7-11-15(12,13)14/h3-11H2,1-2H3. The molecule has 0 spiro atoms. The first-order chi connectivity index (χ1) is 7.08. The highest BCUT2D eigenvalue weighted by molar-refractivity contribution is 7.93. The average Bonchev–Trinajstić information content (AvgIpc) is 2.49. The fraction of sp³-hybridized carbons (Fsp3) is 1.00. The normalized spacial score (nSPS) is 23.1. The Balaban J connectivity index is 2.76. The summed E-state index contributed by atoms with van der Waals surface area (Å²) >= 11 is 0. The molecule has 0 bridgehead atoms. The summed E-state index contributed by atoms with van der Waals surface area (Å²) < 4.78 is 23.9. The topological polar surface area (TPSA) is 34.1 Å². The molecule has 90 valence electrons. The highest BCUT2D eigenvalue weighted by atomic mass is 32.2. The lowest BCUT2D eigenvalue weighted by Gasteiger charge is -2.27. The van der Waals surface area contributed by atoms with Crippen molar-refractivity contribution in [3.8, 4) is 0 Å². The van der Waals surface area contributed by atoms with Crippen LogP contribution in [0.25, 0.3) is 0 Å². The van der Waals surface area contributed by atoms with Crippen molar-refractivity contribution in [2.45, 2.75) is 70.0 Å². The van der Waals surface area contributed by atoms with Gasteiger partial charge in [0.2, 0.25) is 0 Å². The number of sulfone groups is 1. The predicted molar refractivity (Wildman–Crippen MR) is 64.8 cm³/mol. The van der Waals surface area contributed by atoms with Gasteiger partial charge in [0.15, 0.2) is 9.84 Å². The van der Waals surface area contributed by atoms with Crippen LogP contribution in [0.3, 0.4) is 0 Å². The smallest absolute Gasteiger partial charge is 0.156 e. The van der Waals surface area contributed by atoms with Gasteiger partial charge in [-0.2, -0.15) is 0 Å². The Morgan fingerprint density at radius 3 is 1.93 bits per heavy atom. The van der Waals surface area contributed by atoms with Crippen molar-refractivity contribution in [1.29, 1.82) is 0 Å². The van der Waals surface area contributed by atoms with Crippen molar-refractivity contribution in [1.82, 2.24) is 0 Å². The Labute approximate surface area is 94.4 Å². The molecule has 0 aromatic carbocycles. The molecule has 0 aliphatic carbocycles. The summed E-state index contributed by atoms with van der Waals surface area (Å²) in [6, 6.07) is 0. The van der Waals surface area contributed by atoms with Crippen LogP contribution >= 0.6 is 0 Å². The fourth-order valence-corrected chi connectivity index (χ4v) is 4.96. The highest BCUT2D eigenvalue weighted by Crippen LogP contribution is 2.40. The number of unbranched alkanes of at least 4 members (excludes halogenated alkanes) is 2. The third-order valence-electron chi connectivity index (χ3n) is 3.68. The Bertz CT molecular complexity index is 272. The van der Waals surface area contributed by atoms with E-state index in [0.717, 1.165) is 51.4 Å². The lowest BCUT2D eigenvalue weighted by atomic mass is 9.91. The summed E-state index contributed by atoms with van der Waals surface area (Å²) in [5, 5.41) is 0. The summed E-state index contributed by atoms with van der Waals surface area (Å²) in [5.74, 6) is 0.431. The van der Waals surface area contributed by atoms with Gasteiger partial charge in [-0.15, -0.1) is 0 Å². The van der Waals surface area contributed by atoms with Crippen LogP contribution in [0.15, 0.2) is 0 Å². The monoisotopic (exact) mass is 232 g/mol. The average molecular weight is 232 g/mol. The molecule has 1 aliphatic heterocycles. The van der Waals surface area contributed by atoms with E-state index in [2.05, 4.69) is 13.8 Å². The molecule has 0 aromatic heterocycles. The molecule has 0 saturated carbocycles. The van der Waals surface area contributed by atoms with Gasteiger partial charge in [-0.25, -0.2) is 8.42 Å². The SMILES string of the molecule is CCCCC1(CCCC)CCCS1(=O)=O. The third kappa shape index (κ3) is 2.74. The van der Waals surface area contributed by atoms with Crippen LogP contribution in [0.1, 0.15) is 65.2 Å². The van der Waals surface area contributed by atoms with E-state index in [1.54, 1.807) is 0 Å². The van der Waals surface area contributed by atoms with Gasteiger partial charge in [0.05, 0.1) is 10.5 Å². The molecule has 1 aliphatic rings. The molecule has 15 heavy (non-hydrogen) atoms. The number of hydrogen-bond acceptors (Lipinski definition) is 2. The molecule has 2 nitrogen and oxygen atoms in total. The molecule has 0 aromatic rings. The van der Waals surface area contributed by atoms with Crippen LogP contribution in [-0.2, 0) is 9.84 Å². The second kappa shape index (κ2) is 5.33. The van der Waals surface area contributed by atoms with E-state index in [-0.39, 0.29) is 4.75 Å². The minimum atomic E-state index is -2.79. The minimum absolute atomic E-state index is 0.334. The highest BCUT2D eigenvalue weighted by Gasteiger charge is 2.45. The molecule has 0 atom stereocenters. The zero-order valence-corrected chi connectivity index (χ0v) is 10.9. The minimum Gasteiger partial charge on any atom is -0.228 e. The van der Waals surface area contributed by atoms with Crippen LogP contribution in [0, 0.1) is 0 Å². The zero-order chi connectivity index (χ0) is 11.4. The van der Waals surface area contributed by atoms with Crippen molar-refractivity contribution >= 4 is 9.84 Å². The van der Waals surface area contributed by atoms with Crippen molar-refractivity contribution in [2.75, 3.05) is 5.75 Å². The first-order valence-corrected chi connectivity index (χ1v) is 7.95. The van der Waals surface area contributed by atoms with Crippen LogP contribution in [0.2, 0.25) is 0 Å². The summed E-state index contributed by atoms with van der Waals surface area (Å²) in [6.45, 7) is 4.27. The predicted octanol–water partition coefficient (Wildman–Crippen LogP) is 3.31. The van der Waals surface area contributed by atoms with Crippen molar-refractivity contribution in [3.05, 3.63) is 0 Å². The lowest BCUT2D eigenvalue weighted by Crippen LogP contribution is -2.34. The Morgan fingerprint density at radius 2 is 1.60 bits per heavy atom. The summed E-state index contributed by atoms with van der Waals surface area (Å²) in [4.78, 5) is 0. The van der Waals surface area contributed by atoms with Crippen LogP contribution < -0.4 is 0 Å². The van der Waals surface area contributed by atoms with Gasteiger partial charge in [-0.1, -0.05) is 39.5 Å². The van der Waals surface area contributed by atoms with E-state index < -0.39 is 9.84 Å². The van der Waals surface area contributed by atoms with Crippen molar-refractivity contribution in [2.24, 2.45) is 0 Å².